The molecule has 2 nitrogen and oxygen atoms in total. The molecule has 118 valence electrons. The maximum atomic E-state index is 12.2. The number of hydrogen-bond acceptors (Lipinski definition) is 2. The molecule has 22 heavy (non-hydrogen) atoms. The molecule has 2 bridgehead atoms. The van der Waals surface area contributed by atoms with Crippen LogP contribution in [0.2, 0.25) is 0 Å². The van der Waals surface area contributed by atoms with Crippen LogP contribution in [-0.4, -0.2) is 12.4 Å². The summed E-state index contributed by atoms with van der Waals surface area (Å²) in [7, 11) is 0. The first-order chi connectivity index (χ1) is 10.4. The van der Waals surface area contributed by atoms with Crippen molar-refractivity contribution in [3.8, 4) is 0 Å². The monoisotopic (exact) mass is 298 g/mol. The van der Waals surface area contributed by atoms with Crippen LogP contribution < -0.4 is 0 Å². The van der Waals surface area contributed by atoms with Crippen LogP contribution in [-0.2, 0) is 16.1 Å². The lowest BCUT2D eigenvalue weighted by Gasteiger charge is -2.31. The van der Waals surface area contributed by atoms with Gasteiger partial charge < -0.3 is 4.74 Å². The Morgan fingerprint density at radius 2 is 1.95 bits per heavy atom. The highest BCUT2D eigenvalue weighted by Gasteiger charge is 2.63. The summed E-state index contributed by atoms with van der Waals surface area (Å²) in [6, 6.07) is 10.3. The van der Waals surface area contributed by atoms with Crippen molar-refractivity contribution in [3.63, 3.8) is 0 Å². The molecular formula is C20H26O2. The Kier molecular flexibility index (Phi) is 3.98. The summed E-state index contributed by atoms with van der Waals surface area (Å²) in [5.41, 5.74) is 2.67. The highest BCUT2D eigenvalue weighted by Crippen LogP contribution is 2.65. The van der Waals surface area contributed by atoms with Gasteiger partial charge in [-0.05, 0) is 29.7 Å². The minimum absolute atomic E-state index is 0.112. The Morgan fingerprint density at radius 1 is 1.23 bits per heavy atom. The number of allylic oxidation sites excluding steroid dienone is 1. The third-order valence-electron chi connectivity index (χ3n) is 6.08. The minimum Gasteiger partial charge on any atom is -0.376 e. The maximum absolute atomic E-state index is 12.2. The number of benzene rings is 1. The fourth-order valence-corrected chi connectivity index (χ4v) is 4.17. The summed E-state index contributed by atoms with van der Waals surface area (Å²) in [6.07, 6.45) is 4.95. The zero-order chi connectivity index (χ0) is 15.8. The Hall–Kier alpha value is -1.41. The largest absolute Gasteiger partial charge is 0.376 e. The van der Waals surface area contributed by atoms with E-state index >= 15 is 0 Å². The van der Waals surface area contributed by atoms with Crippen LogP contribution in [0, 0.1) is 16.7 Å². The molecule has 0 saturated heterocycles. The zero-order valence-electron chi connectivity index (χ0n) is 13.9. The van der Waals surface area contributed by atoms with Gasteiger partial charge in [-0.3, -0.25) is 4.79 Å². The van der Waals surface area contributed by atoms with E-state index in [1.165, 1.54) is 11.1 Å². The summed E-state index contributed by atoms with van der Waals surface area (Å²) in [5.74, 6) is 0.902. The molecule has 1 aromatic carbocycles. The smallest absolute Gasteiger partial charge is 0.140 e. The van der Waals surface area contributed by atoms with E-state index in [1.54, 1.807) is 0 Å². The molecule has 2 fully saturated rings. The molecule has 0 aromatic heterocycles. The van der Waals surface area contributed by atoms with Gasteiger partial charge in [0.1, 0.15) is 5.78 Å². The molecular weight excluding hydrogens is 272 g/mol. The van der Waals surface area contributed by atoms with Gasteiger partial charge in [0.05, 0.1) is 13.2 Å². The summed E-state index contributed by atoms with van der Waals surface area (Å²) in [5, 5.41) is 0. The topological polar surface area (TPSA) is 26.3 Å². The molecule has 2 atom stereocenters. The van der Waals surface area contributed by atoms with Crippen molar-refractivity contribution in [3.05, 3.63) is 47.5 Å². The second-order valence-electron chi connectivity index (χ2n) is 7.52. The standard InChI is InChI=1S/C20H26O2/c1-19(2)17-12-18(21)20(19,3)13-16(17)10-7-11-22-14-15-8-5-4-6-9-15/h4-6,8-10,17H,7,11-14H2,1-3H3/b16-10+/t17-,20-/m1/s1. The lowest BCUT2D eigenvalue weighted by Crippen LogP contribution is -2.32. The highest BCUT2D eigenvalue weighted by molar-refractivity contribution is 5.91. The van der Waals surface area contributed by atoms with Crippen molar-refractivity contribution in [2.45, 2.75) is 46.6 Å². The van der Waals surface area contributed by atoms with E-state index in [4.69, 9.17) is 4.74 Å². The number of ether oxygens (including phenoxy) is 1. The molecule has 2 heteroatoms. The third kappa shape index (κ3) is 2.44. The van der Waals surface area contributed by atoms with Crippen LogP contribution in [0.3, 0.4) is 0 Å². The molecule has 0 amide bonds. The van der Waals surface area contributed by atoms with Crippen LogP contribution in [0.15, 0.2) is 42.0 Å². The van der Waals surface area contributed by atoms with Gasteiger partial charge >= 0.3 is 0 Å². The number of hydrogen-bond donors (Lipinski definition) is 0. The van der Waals surface area contributed by atoms with Gasteiger partial charge in [-0.2, -0.15) is 0 Å². The Balaban J connectivity index is 1.52. The van der Waals surface area contributed by atoms with E-state index in [-0.39, 0.29) is 10.8 Å². The van der Waals surface area contributed by atoms with Crippen LogP contribution in [0.1, 0.15) is 45.6 Å². The summed E-state index contributed by atoms with van der Waals surface area (Å²) in [4.78, 5) is 12.2. The molecule has 0 heterocycles. The molecule has 2 aliphatic rings. The predicted molar refractivity (Wildman–Crippen MR) is 88.4 cm³/mol. The van der Waals surface area contributed by atoms with E-state index < -0.39 is 0 Å². The summed E-state index contributed by atoms with van der Waals surface area (Å²) >= 11 is 0. The van der Waals surface area contributed by atoms with E-state index in [0.29, 0.717) is 18.3 Å². The number of carbonyl (C=O) groups excluding carboxylic acids is 1. The van der Waals surface area contributed by atoms with E-state index in [0.717, 1.165) is 25.9 Å². The lowest BCUT2D eigenvalue weighted by molar-refractivity contribution is -0.127. The number of rotatable bonds is 5. The van der Waals surface area contributed by atoms with Crippen LogP contribution in [0.25, 0.3) is 0 Å². The minimum atomic E-state index is -0.144. The maximum Gasteiger partial charge on any atom is 0.140 e. The number of fused-ring (bicyclic) bond motifs is 2. The number of Topliss-reactive ketones (excluding diaryl/α,β-unsaturated/α-hetero) is 1. The average molecular weight is 298 g/mol. The quantitative estimate of drug-likeness (QED) is 0.589. The predicted octanol–water partition coefficient (Wildman–Crippen LogP) is 4.54. The molecule has 0 N–H and O–H groups in total. The van der Waals surface area contributed by atoms with Gasteiger partial charge in [-0.25, -0.2) is 0 Å². The normalized spacial score (nSPS) is 31.1. The van der Waals surface area contributed by atoms with Gasteiger partial charge in [-0.15, -0.1) is 0 Å². The molecule has 2 aliphatic carbocycles. The van der Waals surface area contributed by atoms with Crippen molar-refractivity contribution >= 4 is 5.78 Å². The summed E-state index contributed by atoms with van der Waals surface area (Å²) < 4.78 is 5.75. The molecule has 3 rings (SSSR count). The second kappa shape index (κ2) is 5.66. The Morgan fingerprint density at radius 3 is 2.55 bits per heavy atom. The van der Waals surface area contributed by atoms with Crippen molar-refractivity contribution in [1.29, 1.82) is 0 Å². The van der Waals surface area contributed by atoms with Crippen LogP contribution in [0.4, 0.5) is 0 Å². The van der Waals surface area contributed by atoms with Crippen molar-refractivity contribution < 1.29 is 9.53 Å². The van der Waals surface area contributed by atoms with Crippen molar-refractivity contribution in [2.24, 2.45) is 16.7 Å². The number of ketones is 1. The SMILES string of the molecule is CC1(C)[C@@H]2CC(=O)[C@@]1(C)C/C2=C\CCOCc1ccccc1. The van der Waals surface area contributed by atoms with Gasteiger partial charge in [0.15, 0.2) is 0 Å². The zero-order valence-corrected chi connectivity index (χ0v) is 13.9. The van der Waals surface area contributed by atoms with Gasteiger partial charge in [-0.1, -0.05) is 62.8 Å². The molecule has 0 aliphatic heterocycles. The fraction of sp³-hybridized carbons (Fsp3) is 0.550. The van der Waals surface area contributed by atoms with Crippen LogP contribution in [0.5, 0.6) is 0 Å². The molecule has 2 saturated carbocycles. The van der Waals surface area contributed by atoms with Gasteiger partial charge in [0, 0.05) is 11.8 Å². The molecule has 0 radical (unpaired) electrons. The number of carbonyl (C=O) groups is 1. The van der Waals surface area contributed by atoms with Crippen LogP contribution >= 0.6 is 0 Å². The highest BCUT2D eigenvalue weighted by atomic mass is 16.5. The van der Waals surface area contributed by atoms with E-state index in [2.05, 4.69) is 39.0 Å². The fourth-order valence-electron chi connectivity index (χ4n) is 4.17. The molecule has 0 unspecified atom stereocenters. The van der Waals surface area contributed by atoms with Gasteiger partial charge in [0.2, 0.25) is 0 Å². The molecule has 0 spiro atoms. The lowest BCUT2D eigenvalue weighted by atomic mass is 9.70. The second-order valence-corrected chi connectivity index (χ2v) is 7.52. The third-order valence-corrected chi connectivity index (χ3v) is 6.08. The van der Waals surface area contributed by atoms with E-state index in [1.807, 2.05) is 18.2 Å². The first kappa shape index (κ1) is 15.5. The molecule has 1 aromatic rings. The van der Waals surface area contributed by atoms with E-state index in [9.17, 15) is 4.79 Å². The van der Waals surface area contributed by atoms with Gasteiger partial charge in [0.25, 0.3) is 0 Å². The first-order valence-corrected chi connectivity index (χ1v) is 8.29. The first-order valence-electron chi connectivity index (χ1n) is 8.29. The average Bonchev–Trinajstić information content (AvgIpc) is 2.79. The van der Waals surface area contributed by atoms with Crippen molar-refractivity contribution in [2.75, 3.05) is 6.61 Å². The Labute approximate surface area is 133 Å². The van der Waals surface area contributed by atoms with Crippen molar-refractivity contribution in [1.82, 2.24) is 0 Å². The Bertz CT molecular complexity index is 585. The summed E-state index contributed by atoms with van der Waals surface area (Å²) in [6.45, 7) is 8.10.